The topological polar surface area (TPSA) is 55.1 Å². The first-order valence-electron chi connectivity index (χ1n) is 5.41. The zero-order valence-corrected chi connectivity index (χ0v) is 10.6. The van der Waals surface area contributed by atoms with Gasteiger partial charge in [0.25, 0.3) is 0 Å². The van der Waals surface area contributed by atoms with E-state index in [4.69, 9.17) is 17.3 Å². The molecule has 0 bridgehead atoms. The summed E-state index contributed by atoms with van der Waals surface area (Å²) in [5.41, 5.74) is 6.02. The van der Waals surface area contributed by atoms with Gasteiger partial charge < -0.3 is 11.1 Å². The second-order valence-corrected chi connectivity index (χ2v) is 4.82. The van der Waals surface area contributed by atoms with Crippen LogP contribution in [0.1, 0.15) is 20.3 Å². The van der Waals surface area contributed by atoms with E-state index in [2.05, 4.69) is 5.32 Å². The molecule has 3 N–H and O–H groups in total. The molecule has 1 aromatic rings. The van der Waals surface area contributed by atoms with Crippen LogP contribution in [0.5, 0.6) is 0 Å². The summed E-state index contributed by atoms with van der Waals surface area (Å²) in [5, 5.41) is 2.77. The van der Waals surface area contributed by atoms with E-state index in [0.29, 0.717) is 18.0 Å². The molecule has 0 saturated carbocycles. The minimum absolute atomic E-state index is 0.234. The average Bonchev–Trinajstić information content (AvgIpc) is 2.14. The summed E-state index contributed by atoms with van der Waals surface area (Å²) in [6.07, 6.45) is 0.578. The fourth-order valence-electron chi connectivity index (χ4n) is 1.48. The summed E-state index contributed by atoms with van der Waals surface area (Å²) >= 11 is 5.67. The Bertz CT molecular complexity index is 389. The van der Waals surface area contributed by atoms with Crippen molar-refractivity contribution >= 4 is 23.2 Å². The van der Waals surface area contributed by atoms with Crippen molar-refractivity contribution in [1.82, 2.24) is 0 Å². The molecule has 1 aromatic carbocycles. The first-order valence-corrected chi connectivity index (χ1v) is 5.79. The third-order valence-electron chi connectivity index (χ3n) is 2.19. The third kappa shape index (κ3) is 4.71. The van der Waals surface area contributed by atoms with E-state index in [1.165, 1.54) is 18.2 Å². The van der Waals surface area contributed by atoms with Crippen LogP contribution in [0, 0.1) is 11.7 Å². The summed E-state index contributed by atoms with van der Waals surface area (Å²) in [6, 6.07) is 3.25. The fraction of sp³-hybridized carbons (Fsp3) is 0.417. The lowest BCUT2D eigenvalue weighted by Gasteiger charge is -2.14. The number of nitrogens with two attached hydrogens (primary N) is 1. The van der Waals surface area contributed by atoms with Gasteiger partial charge in [0.05, 0.1) is 6.04 Å². The Labute approximate surface area is 105 Å². The Kier molecular flexibility index (Phi) is 4.90. The van der Waals surface area contributed by atoms with Gasteiger partial charge in [-0.05, 0) is 30.5 Å². The average molecular weight is 259 g/mol. The van der Waals surface area contributed by atoms with Gasteiger partial charge in [-0.25, -0.2) is 4.39 Å². The summed E-state index contributed by atoms with van der Waals surface area (Å²) in [7, 11) is 0. The van der Waals surface area contributed by atoms with Gasteiger partial charge in [-0.15, -0.1) is 0 Å². The van der Waals surface area contributed by atoms with Gasteiger partial charge in [0, 0.05) is 10.7 Å². The van der Waals surface area contributed by atoms with Gasteiger partial charge in [0.15, 0.2) is 0 Å². The second-order valence-electron chi connectivity index (χ2n) is 4.38. The summed E-state index contributed by atoms with van der Waals surface area (Å²) in [6.45, 7) is 3.96. The number of rotatable bonds is 4. The molecule has 0 aromatic heterocycles. The number of benzene rings is 1. The second kappa shape index (κ2) is 5.98. The summed E-state index contributed by atoms with van der Waals surface area (Å²) in [5.74, 6) is -0.502. The normalized spacial score (nSPS) is 12.6. The van der Waals surface area contributed by atoms with Crippen LogP contribution in [0.4, 0.5) is 10.1 Å². The number of halogens is 2. The molecule has 94 valence electrons. The predicted octanol–water partition coefficient (Wildman–Crippen LogP) is 2.79. The van der Waals surface area contributed by atoms with Crippen LogP contribution in [0.3, 0.4) is 0 Å². The zero-order chi connectivity index (χ0) is 13.0. The highest BCUT2D eigenvalue weighted by molar-refractivity contribution is 6.30. The van der Waals surface area contributed by atoms with E-state index >= 15 is 0 Å². The van der Waals surface area contributed by atoms with Crippen LogP contribution in [0.15, 0.2) is 18.2 Å². The van der Waals surface area contributed by atoms with Crippen LogP contribution in [-0.2, 0) is 4.79 Å². The van der Waals surface area contributed by atoms with Crippen molar-refractivity contribution in [3.63, 3.8) is 0 Å². The van der Waals surface area contributed by atoms with Crippen molar-refractivity contribution in [2.24, 2.45) is 11.7 Å². The Morgan fingerprint density at radius 2 is 2.12 bits per heavy atom. The van der Waals surface area contributed by atoms with E-state index < -0.39 is 11.9 Å². The molecule has 1 rings (SSSR count). The Balaban J connectivity index is 2.67. The number of carbonyl (C=O) groups excluding carboxylic acids is 1. The van der Waals surface area contributed by atoms with E-state index in [1.807, 2.05) is 13.8 Å². The molecule has 5 heteroatoms. The molecule has 17 heavy (non-hydrogen) atoms. The maximum absolute atomic E-state index is 13.0. The lowest BCUT2D eigenvalue weighted by molar-refractivity contribution is -0.117. The van der Waals surface area contributed by atoms with Gasteiger partial charge in [-0.3, -0.25) is 4.79 Å². The van der Waals surface area contributed by atoms with Crippen molar-refractivity contribution in [2.45, 2.75) is 26.3 Å². The standard InChI is InChI=1S/C12H16ClFN2O/c1-7(2)3-11(15)12(17)16-10-5-8(13)4-9(14)6-10/h4-7,11H,3,15H2,1-2H3,(H,16,17)/t11-/m0/s1. The molecule has 3 nitrogen and oxygen atoms in total. The third-order valence-corrected chi connectivity index (χ3v) is 2.41. The lowest BCUT2D eigenvalue weighted by Crippen LogP contribution is -2.36. The lowest BCUT2D eigenvalue weighted by atomic mass is 10.0. The Morgan fingerprint density at radius 1 is 1.47 bits per heavy atom. The molecule has 0 radical (unpaired) electrons. The maximum atomic E-state index is 13.0. The number of anilines is 1. The van der Waals surface area contributed by atoms with Crippen LogP contribution >= 0.6 is 11.6 Å². The molecule has 0 heterocycles. The summed E-state index contributed by atoms with van der Waals surface area (Å²) < 4.78 is 13.0. The molecule has 0 spiro atoms. The minimum atomic E-state index is -0.600. The number of carbonyl (C=O) groups is 1. The van der Waals surface area contributed by atoms with E-state index in [1.54, 1.807) is 0 Å². The smallest absolute Gasteiger partial charge is 0.241 e. The van der Waals surface area contributed by atoms with Crippen molar-refractivity contribution in [3.05, 3.63) is 29.0 Å². The van der Waals surface area contributed by atoms with E-state index in [0.717, 1.165) is 0 Å². The molecule has 0 saturated heterocycles. The molecule has 0 aliphatic rings. The van der Waals surface area contributed by atoms with Crippen LogP contribution in [-0.4, -0.2) is 11.9 Å². The van der Waals surface area contributed by atoms with Gasteiger partial charge in [0.2, 0.25) is 5.91 Å². The molecule has 1 atom stereocenters. The van der Waals surface area contributed by atoms with Crippen molar-refractivity contribution < 1.29 is 9.18 Å². The van der Waals surface area contributed by atoms with E-state index in [9.17, 15) is 9.18 Å². The van der Waals surface area contributed by atoms with E-state index in [-0.39, 0.29) is 10.9 Å². The van der Waals surface area contributed by atoms with Crippen LogP contribution < -0.4 is 11.1 Å². The predicted molar refractivity (Wildman–Crippen MR) is 67.5 cm³/mol. The first-order chi connectivity index (χ1) is 7.88. The zero-order valence-electron chi connectivity index (χ0n) is 9.84. The molecular formula is C12H16ClFN2O. The Hall–Kier alpha value is -1.13. The number of hydrogen-bond acceptors (Lipinski definition) is 2. The quantitative estimate of drug-likeness (QED) is 0.873. The number of nitrogens with one attached hydrogen (secondary N) is 1. The van der Waals surface area contributed by atoms with Gasteiger partial charge in [-0.1, -0.05) is 25.4 Å². The van der Waals surface area contributed by atoms with Crippen molar-refractivity contribution in [3.8, 4) is 0 Å². The molecule has 1 amide bonds. The first kappa shape index (κ1) is 13.9. The van der Waals surface area contributed by atoms with Crippen LogP contribution in [0.2, 0.25) is 5.02 Å². The Morgan fingerprint density at radius 3 is 2.65 bits per heavy atom. The molecule has 0 aliphatic heterocycles. The van der Waals surface area contributed by atoms with Crippen molar-refractivity contribution in [2.75, 3.05) is 5.32 Å². The molecule has 0 fully saturated rings. The number of amides is 1. The monoisotopic (exact) mass is 258 g/mol. The SMILES string of the molecule is CC(C)C[C@H](N)C(=O)Nc1cc(F)cc(Cl)c1. The van der Waals surface area contributed by atoms with Crippen molar-refractivity contribution in [1.29, 1.82) is 0 Å². The highest BCUT2D eigenvalue weighted by Gasteiger charge is 2.15. The van der Waals surface area contributed by atoms with Crippen LogP contribution in [0.25, 0.3) is 0 Å². The molecular weight excluding hydrogens is 243 g/mol. The van der Waals surface area contributed by atoms with Gasteiger partial charge >= 0.3 is 0 Å². The largest absolute Gasteiger partial charge is 0.325 e. The molecule has 0 unspecified atom stereocenters. The van der Waals surface area contributed by atoms with Gasteiger partial charge in [-0.2, -0.15) is 0 Å². The minimum Gasteiger partial charge on any atom is -0.325 e. The number of hydrogen-bond donors (Lipinski definition) is 2. The maximum Gasteiger partial charge on any atom is 0.241 e. The molecule has 0 aliphatic carbocycles. The summed E-state index contributed by atoms with van der Waals surface area (Å²) in [4.78, 5) is 11.7. The highest BCUT2D eigenvalue weighted by atomic mass is 35.5. The fourth-order valence-corrected chi connectivity index (χ4v) is 1.70. The highest BCUT2D eigenvalue weighted by Crippen LogP contribution is 2.18. The van der Waals surface area contributed by atoms with Gasteiger partial charge in [0.1, 0.15) is 5.82 Å².